The van der Waals surface area contributed by atoms with E-state index in [1.807, 2.05) is 48.5 Å². The van der Waals surface area contributed by atoms with E-state index in [0.717, 1.165) is 24.6 Å². The zero-order valence-electron chi connectivity index (χ0n) is 14.3. The summed E-state index contributed by atoms with van der Waals surface area (Å²) in [6.45, 7) is 9.53. The van der Waals surface area contributed by atoms with Gasteiger partial charge in [0, 0.05) is 18.7 Å². The second-order valence-electron chi connectivity index (χ2n) is 6.78. The first-order chi connectivity index (χ1) is 11.0. The molecular formula is C20H27NO2. The molecule has 0 atom stereocenters. The van der Waals surface area contributed by atoms with Crippen molar-refractivity contribution in [1.82, 2.24) is 5.32 Å². The van der Waals surface area contributed by atoms with Crippen molar-refractivity contribution >= 4 is 0 Å². The van der Waals surface area contributed by atoms with Crippen LogP contribution in [0.5, 0.6) is 11.5 Å². The summed E-state index contributed by atoms with van der Waals surface area (Å²) in [5, 5.41) is 3.49. The van der Waals surface area contributed by atoms with Crippen LogP contribution in [0, 0.1) is 5.41 Å². The summed E-state index contributed by atoms with van der Waals surface area (Å²) in [5.74, 6) is 1.79. The van der Waals surface area contributed by atoms with Crippen molar-refractivity contribution in [3.63, 3.8) is 0 Å². The number of hydrogen-bond acceptors (Lipinski definition) is 3. The van der Waals surface area contributed by atoms with Crippen molar-refractivity contribution < 1.29 is 9.47 Å². The molecule has 0 aromatic heterocycles. The van der Waals surface area contributed by atoms with E-state index < -0.39 is 0 Å². The summed E-state index contributed by atoms with van der Waals surface area (Å²) in [6, 6.07) is 18.0. The van der Waals surface area contributed by atoms with Gasteiger partial charge in [-0.05, 0) is 23.6 Å². The smallest absolute Gasteiger partial charge is 0.123 e. The first-order valence-electron chi connectivity index (χ1n) is 8.14. The first-order valence-corrected chi connectivity index (χ1v) is 8.14. The highest BCUT2D eigenvalue weighted by Crippen LogP contribution is 2.19. The minimum absolute atomic E-state index is 0.277. The number of nitrogens with one attached hydrogen (secondary N) is 1. The van der Waals surface area contributed by atoms with Crippen LogP contribution in [-0.4, -0.2) is 19.8 Å². The lowest BCUT2D eigenvalue weighted by molar-refractivity contribution is 0.215. The Labute approximate surface area is 139 Å². The van der Waals surface area contributed by atoms with Crippen LogP contribution in [0.3, 0.4) is 0 Å². The van der Waals surface area contributed by atoms with Crippen LogP contribution in [-0.2, 0) is 6.54 Å². The van der Waals surface area contributed by atoms with Crippen LogP contribution in [0.1, 0.15) is 26.3 Å². The van der Waals surface area contributed by atoms with Gasteiger partial charge in [0.25, 0.3) is 0 Å². The van der Waals surface area contributed by atoms with Crippen LogP contribution >= 0.6 is 0 Å². The Bertz CT molecular complexity index is 576. The minimum atomic E-state index is 0.277. The maximum Gasteiger partial charge on any atom is 0.123 e. The van der Waals surface area contributed by atoms with Crippen molar-refractivity contribution in [3.8, 4) is 11.5 Å². The summed E-state index contributed by atoms with van der Waals surface area (Å²) >= 11 is 0. The molecule has 0 aliphatic heterocycles. The Morgan fingerprint density at radius 2 is 1.48 bits per heavy atom. The number of benzene rings is 2. The van der Waals surface area contributed by atoms with Gasteiger partial charge in [-0.15, -0.1) is 0 Å². The van der Waals surface area contributed by atoms with Gasteiger partial charge in [-0.2, -0.15) is 0 Å². The van der Waals surface area contributed by atoms with Gasteiger partial charge in [0.15, 0.2) is 0 Å². The predicted octanol–water partition coefficient (Wildman–Crippen LogP) is 4.28. The van der Waals surface area contributed by atoms with E-state index in [-0.39, 0.29) is 5.41 Å². The summed E-state index contributed by atoms with van der Waals surface area (Å²) < 4.78 is 11.5. The summed E-state index contributed by atoms with van der Waals surface area (Å²) in [7, 11) is 0. The molecule has 23 heavy (non-hydrogen) atoms. The third-order valence-corrected chi connectivity index (χ3v) is 3.30. The Hall–Kier alpha value is -2.00. The van der Waals surface area contributed by atoms with Crippen LogP contribution in [0.2, 0.25) is 0 Å². The second kappa shape index (κ2) is 8.59. The largest absolute Gasteiger partial charge is 0.490 e. The highest BCUT2D eigenvalue weighted by Gasteiger charge is 2.10. The molecule has 0 aliphatic carbocycles. The highest BCUT2D eigenvalue weighted by molar-refractivity contribution is 5.33. The van der Waals surface area contributed by atoms with Gasteiger partial charge >= 0.3 is 0 Å². The minimum Gasteiger partial charge on any atom is -0.490 e. The molecule has 0 fully saturated rings. The lowest BCUT2D eigenvalue weighted by Crippen LogP contribution is -2.26. The van der Waals surface area contributed by atoms with Gasteiger partial charge in [0.1, 0.15) is 24.7 Å². The molecule has 0 radical (unpaired) electrons. The van der Waals surface area contributed by atoms with E-state index in [9.17, 15) is 0 Å². The quantitative estimate of drug-likeness (QED) is 0.738. The molecule has 0 heterocycles. The molecule has 0 spiro atoms. The van der Waals surface area contributed by atoms with Gasteiger partial charge in [0.2, 0.25) is 0 Å². The number of ether oxygens (including phenoxy) is 2. The first kappa shape index (κ1) is 17.4. The van der Waals surface area contributed by atoms with Crippen LogP contribution in [0.4, 0.5) is 0 Å². The molecule has 0 unspecified atom stereocenters. The third kappa shape index (κ3) is 6.74. The fourth-order valence-corrected chi connectivity index (χ4v) is 2.19. The SMILES string of the molecule is CC(C)(C)CNCc1ccccc1OCCOc1ccccc1. The van der Waals surface area contributed by atoms with Crippen molar-refractivity contribution in [3.05, 3.63) is 60.2 Å². The van der Waals surface area contributed by atoms with Crippen molar-refractivity contribution in [1.29, 1.82) is 0 Å². The Balaban J connectivity index is 1.78. The van der Waals surface area contributed by atoms with Gasteiger partial charge in [-0.25, -0.2) is 0 Å². The zero-order chi connectivity index (χ0) is 16.5. The predicted molar refractivity (Wildman–Crippen MR) is 95.0 cm³/mol. The van der Waals surface area contributed by atoms with Crippen LogP contribution < -0.4 is 14.8 Å². The van der Waals surface area contributed by atoms with E-state index in [0.29, 0.717) is 13.2 Å². The van der Waals surface area contributed by atoms with Crippen molar-refractivity contribution in [2.75, 3.05) is 19.8 Å². The Morgan fingerprint density at radius 1 is 0.826 bits per heavy atom. The monoisotopic (exact) mass is 313 g/mol. The van der Waals surface area contributed by atoms with E-state index >= 15 is 0 Å². The van der Waals surface area contributed by atoms with Crippen molar-refractivity contribution in [2.45, 2.75) is 27.3 Å². The fourth-order valence-electron chi connectivity index (χ4n) is 2.19. The van der Waals surface area contributed by atoms with E-state index in [1.165, 1.54) is 5.56 Å². The zero-order valence-corrected chi connectivity index (χ0v) is 14.3. The van der Waals surface area contributed by atoms with Gasteiger partial charge in [-0.1, -0.05) is 57.2 Å². The molecule has 1 N–H and O–H groups in total. The normalized spacial score (nSPS) is 11.3. The molecule has 3 nitrogen and oxygen atoms in total. The summed E-state index contributed by atoms with van der Waals surface area (Å²) in [4.78, 5) is 0. The Kier molecular flexibility index (Phi) is 6.48. The highest BCUT2D eigenvalue weighted by atomic mass is 16.5. The molecule has 0 aliphatic rings. The van der Waals surface area contributed by atoms with Gasteiger partial charge in [-0.3, -0.25) is 0 Å². The maximum atomic E-state index is 5.88. The van der Waals surface area contributed by atoms with E-state index in [1.54, 1.807) is 0 Å². The number of hydrogen-bond donors (Lipinski definition) is 1. The van der Waals surface area contributed by atoms with E-state index in [2.05, 4.69) is 32.2 Å². The molecule has 0 saturated heterocycles. The third-order valence-electron chi connectivity index (χ3n) is 3.30. The molecule has 124 valence electrons. The molecule has 2 rings (SSSR count). The molecule has 0 saturated carbocycles. The average molecular weight is 313 g/mol. The topological polar surface area (TPSA) is 30.5 Å². The maximum absolute atomic E-state index is 5.88. The molecule has 2 aromatic carbocycles. The molecule has 0 amide bonds. The fraction of sp³-hybridized carbons (Fsp3) is 0.400. The number of rotatable bonds is 8. The standard InChI is InChI=1S/C20H27NO2/c1-20(2,3)16-21-15-17-9-7-8-12-19(17)23-14-13-22-18-10-5-4-6-11-18/h4-12,21H,13-16H2,1-3H3. The van der Waals surface area contributed by atoms with E-state index in [4.69, 9.17) is 9.47 Å². The molecular weight excluding hydrogens is 286 g/mol. The lowest BCUT2D eigenvalue weighted by atomic mass is 9.97. The van der Waals surface area contributed by atoms with Gasteiger partial charge in [0.05, 0.1) is 0 Å². The number of para-hydroxylation sites is 2. The van der Waals surface area contributed by atoms with Crippen LogP contribution in [0.15, 0.2) is 54.6 Å². The molecule has 2 aromatic rings. The van der Waals surface area contributed by atoms with Crippen molar-refractivity contribution in [2.24, 2.45) is 5.41 Å². The summed E-state index contributed by atoms with van der Waals surface area (Å²) in [5.41, 5.74) is 1.45. The molecule has 0 bridgehead atoms. The molecule has 3 heteroatoms. The van der Waals surface area contributed by atoms with Gasteiger partial charge < -0.3 is 14.8 Å². The summed E-state index contributed by atoms with van der Waals surface area (Å²) in [6.07, 6.45) is 0. The second-order valence-corrected chi connectivity index (χ2v) is 6.78. The van der Waals surface area contributed by atoms with Crippen LogP contribution in [0.25, 0.3) is 0 Å². The lowest BCUT2D eigenvalue weighted by Gasteiger charge is -2.19. The average Bonchev–Trinajstić information content (AvgIpc) is 2.53. The Morgan fingerprint density at radius 3 is 2.22 bits per heavy atom.